The van der Waals surface area contributed by atoms with Crippen molar-refractivity contribution in [3.63, 3.8) is 0 Å². The Morgan fingerprint density at radius 3 is 2.34 bits per heavy atom. The molecule has 6 nitrogen and oxygen atoms in total. The fourth-order valence-electron chi connectivity index (χ4n) is 4.80. The average molecular weight is 590 g/mol. The second-order valence-corrected chi connectivity index (χ2v) is 11.5. The van der Waals surface area contributed by atoms with E-state index in [1.54, 1.807) is 12.1 Å². The fraction of sp³-hybridized carbons (Fsp3) is 0.281. The summed E-state index contributed by atoms with van der Waals surface area (Å²) in [6.45, 7) is 4.84. The van der Waals surface area contributed by atoms with E-state index in [0.717, 1.165) is 24.2 Å². The van der Waals surface area contributed by atoms with Crippen LogP contribution in [0.5, 0.6) is 0 Å². The predicted octanol–water partition coefficient (Wildman–Crippen LogP) is 6.64. The highest BCUT2D eigenvalue weighted by atomic mass is 35.5. The predicted molar refractivity (Wildman–Crippen MR) is 166 cm³/mol. The Morgan fingerprint density at radius 2 is 1.61 bits per heavy atom. The molecule has 1 fully saturated rings. The third-order valence-electron chi connectivity index (χ3n) is 7.13. The van der Waals surface area contributed by atoms with E-state index in [9.17, 15) is 9.18 Å². The molecule has 41 heavy (non-hydrogen) atoms. The number of anilines is 2. The molecule has 1 aliphatic heterocycles. The number of thioether (sulfide) groups is 1. The summed E-state index contributed by atoms with van der Waals surface area (Å²) in [7, 11) is 0. The molecule has 3 aromatic carbocycles. The number of carbonyl (C=O) groups excluding carboxylic acids is 1. The van der Waals surface area contributed by atoms with Crippen molar-refractivity contribution in [2.24, 2.45) is 0 Å². The summed E-state index contributed by atoms with van der Waals surface area (Å²) in [5.41, 5.74) is 3.60. The Balaban J connectivity index is 1.12. The molecule has 1 amide bonds. The monoisotopic (exact) mass is 589 g/mol. The van der Waals surface area contributed by atoms with Crippen LogP contribution in [-0.4, -0.2) is 48.1 Å². The standard InChI is InChI=1S/C32H33ClFN5OS/c1-23(11-12-24-7-3-2-4-8-24)35-31(40)26-15-13-25(14-16-26)22-41-32-36-29(33)21-30(37-32)39-19-17-38(18-20-39)28-10-6-5-9-27(28)34/h2-10,13-16,21,23H,11-12,17-20,22H2,1H3,(H,35,40). The van der Waals surface area contributed by atoms with Crippen LogP contribution in [0.3, 0.4) is 0 Å². The van der Waals surface area contributed by atoms with Gasteiger partial charge in [-0.1, -0.05) is 78.0 Å². The van der Waals surface area contributed by atoms with E-state index in [-0.39, 0.29) is 17.8 Å². The molecular formula is C32H33ClFN5OS. The lowest BCUT2D eigenvalue weighted by molar-refractivity contribution is 0.0938. The van der Waals surface area contributed by atoms with E-state index >= 15 is 0 Å². The molecule has 1 aromatic heterocycles. The van der Waals surface area contributed by atoms with Gasteiger partial charge in [-0.3, -0.25) is 4.79 Å². The van der Waals surface area contributed by atoms with Gasteiger partial charge in [0.1, 0.15) is 16.8 Å². The molecule has 9 heteroatoms. The Hall–Kier alpha value is -3.62. The van der Waals surface area contributed by atoms with Gasteiger partial charge in [-0.2, -0.15) is 0 Å². The van der Waals surface area contributed by atoms with Crippen molar-refractivity contribution in [2.45, 2.75) is 36.7 Å². The first-order valence-corrected chi connectivity index (χ1v) is 15.2. The van der Waals surface area contributed by atoms with E-state index in [4.69, 9.17) is 16.6 Å². The normalized spacial score (nSPS) is 14.1. The molecule has 0 bridgehead atoms. The molecule has 1 unspecified atom stereocenters. The summed E-state index contributed by atoms with van der Waals surface area (Å²) in [5.74, 6) is 1.15. The quantitative estimate of drug-likeness (QED) is 0.127. The first-order valence-electron chi connectivity index (χ1n) is 13.8. The molecule has 1 aliphatic rings. The second kappa shape index (κ2) is 13.8. The van der Waals surface area contributed by atoms with E-state index in [0.29, 0.717) is 53.5 Å². The van der Waals surface area contributed by atoms with Crippen molar-refractivity contribution in [1.82, 2.24) is 15.3 Å². The second-order valence-electron chi connectivity index (χ2n) is 10.1. The van der Waals surface area contributed by atoms with Gasteiger partial charge in [0.25, 0.3) is 5.91 Å². The minimum absolute atomic E-state index is 0.0670. The first-order chi connectivity index (χ1) is 19.9. The molecule has 1 saturated heterocycles. The summed E-state index contributed by atoms with van der Waals surface area (Å²) in [4.78, 5) is 26.1. The zero-order valence-electron chi connectivity index (χ0n) is 23.0. The minimum atomic E-state index is -0.202. The molecule has 2 heterocycles. The topological polar surface area (TPSA) is 61.4 Å². The Bertz CT molecular complexity index is 1450. The van der Waals surface area contributed by atoms with Crippen molar-refractivity contribution in [3.8, 4) is 0 Å². The molecule has 1 N–H and O–H groups in total. The molecule has 1 atom stereocenters. The number of piperazine rings is 1. The van der Waals surface area contributed by atoms with Crippen molar-refractivity contribution >= 4 is 40.8 Å². The summed E-state index contributed by atoms with van der Waals surface area (Å²) < 4.78 is 14.2. The zero-order valence-corrected chi connectivity index (χ0v) is 24.5. The summed E-state index contributed by atoms with van der Waals surface area (Å²) in [5, 5.41) is 4.08. The van der Waals surface area contributed by atoms with Gasteiger partial charge in [0, 0.05) is 49.6 Å². The SMILES string of the molecule is CC(CCc1ccccc1)NC(=O)c1ccc(CSc2nc(Cl)cc(N3CCN(c4ccccc4F)CC3)n2)cc1. The minimum Gasteiger partial charge on any atom is -0.366 e. The third-order valence-corrected chi connectivity index (χ3v) is 8.24. The smallest absolute Gasteiger partial charge is 0.251 e. The van der Waals surface area contributed by atoms with Gasteiger partial charge >= 0.3 is 0 Å². The van der Waals surface area contributed by atoms with Crippen LogP contribution < -0.4 is 15.1 Å². The van der Waals surface area contributed by atoms with Crippen molar-refractivity contribution < 1.29 is 9.18 Å². The van der Waals surface area contributed by atoms with Crippen LogP contribution in [-0.2, 0) is 12.2 Å². The number of aromatic nitrogens is 2. The number of amides is 1. The van der Waals surface area contributed by atoms with E-state index in [2.05, 4.69) is 32.2 Å². The molecule has 5 rings (SSSR count). The van der Waals surface area contributed by atoms with Crippen LogP contribution in [0.15, 0.2) is 90.1 Å². The third kappa shape index (κ3) is 7.99. The van der Waals surface area contributed by atoms with Crippen LogP contribution in [0.25, 0.3) is 0 Å². The molecule has 0 spiro atoms. The lowest BCUT2D eigenvalue weighted by Gasteiger charge is -2.36. The zero-order chi connectivity index (χ0) is 28.6. The van der Waals surface area contributed by atoms with Crippen LogP contribution in [0.4, 0.5) is 15.9 Å². The molecule has 0 radical (unpaired) electrons. The maximum atomic E-state index is 14.2. The van der Waals surface area contributed by atoms with Gasteiger partial charge in [0.05, 0.1) is 5.69 Å². The number of halogens is 2. The lowest BCUT2D eigenvalue weighted by atomic mass is 10.1. The number of carbonyl (C=O) groups is 1. The van der Waals surface area contributed by atoms with Gasteiger partial charge in [0.15, 0.2) is 5.16 Å². The first kappa shape index (κ1) is 28.9. The molecule has 0 saturated carbocycles. The molecule has 4 aromatic rings. The number of nitrogens with one attached hydrogen (secondary N) is 1. The lowest BCUT2D eigenvalue weighted by Crippen LogP contribution is -2.47. The summed E-state index contributed by atoms with van der Waals surface area (Å²) >= 11 is 7.86. The molecule has 0 aliphatic carbocycles. The maximum Gasteiger partial charge on any atom is 0.251 e. The highest BCUT2D eigenvalue weighted by Gasteiger charge is 2.21. The van der Waals surface area contributed by atoms with Crippen molar-refractivity contribution in [3.05, 3.63) is 113 Å². The van der Waals surface area contributed by atoms with Crippen LogP contribution in [0, 0.1) is 5.82 Å². The number of hydrogen-bond donors (Lipinski definition) is 1. The number of hydrogen-bond acceptors (Lipinski definition) is 6. The van der Waals surface area contributed by atoms with Gasteiger partial charge < -0.3 is 15.1 Å². The van der Waals surface area contributed by atoms with E-state index < -0.39 is 0 Å². The number of rotatable bonds is 10. The molecular weight excluding hydrogens is 557 g/mol. The highest BCUT2D eigenvalue weighted by molar-refractivity contribution is 7.98. The van der Waals surface area contributed by atoms with Crippen molar-refractivity contribution in [2.75, 3.05) is 36.0 Å². The van der Waals surface area contributed by atoms with Crippen LogP contribution in [0.1, 0.15) is 34.8 Å². The van der Waals surface area contributed by atoms with Crippen LogP contribution in [0.2, 0.25) is 5.15 Å². The Kier molecular flexibility index (Phi) is 9.75. The van der Waals surface area contributed by atoms with Crippen molar-refractivity contribution in [1.29, 1.82) is 0 Å². The number of benzene rings is 3. The van der Waals surface area contributed by atoms with Gasteiger partial charge in [-0.05, 0) is 55.2 Å². The largest absolute Gasteiger partial charge is 0.366 e. The Labute approximate surface area is 250 Å². The number of para-hydroxylation sites is 1. The highest BCUT2D eigenvalue weighted by Crippen LogP contribution is 2.27. The summed E-state index contributed by atoms with van der Waals surface area (Å²) in [6.07, 6.45) is 1.81. The maximum absolute atomic E-state index is 14.2. The van der Waals surface area contributed by atoms with Crippen LogP contribution >= 0.6 is 23.4 Å². The van der Waals surface area contributed by atoms with Gasteiger partial charge in [0.2, 0.25) is 0 Å². The number of aryl methyl sites for hydroxylation is 1. The van der Waals surface area contributed by atoms with E-state index in [1.807, 2.05) is 61.5 Å². The summed E-state index contributed by atoms with van der Waals surface area (Å²) in [6, 6.07) is 26.7. The fourth-order valence-corrected chi connectivity index (χ4v) is 5.84. The molecule has 212 valence electrons. The number of nitrogens with zero attached hydrogens (tertiary/aromatic N) is 4. The van der Waals surface area contributed by atoms with Gasteiger partial charge in [-0.25, -0.2) is 14.4 Å². The Morgan fingerprint density at radius 1 is 0.927 bits per heavy atom. The average Bonchev–Trinajstić information content (AvgIpc) is 3.00. The van der Waals surface area contributed by atoms with E-state index in [1.165, 1.54) is 23.4 Å². The van der Waals surface area contributed by atoms with Gasteiger partial charge in [-0.15, -0.1) is 0 Å².